The fourth-order valence-corrected chi connectivity index (χ4v) is 3.45. The Morgan fingerprint density at radius 1 is 1.10 bits per heavy atom. The monoisotopic (exact) mass is 281 g/mol. The van der Waals surface area contributed by atoms with Gasteiger partial charge in [0.25, 0.3) is 0 Å². The molecule has 2 aliphatic rings. The fraction of sp³-hybridized carbons (Fsp3) is 0.938. The molecule has 0 aromatic heterocycles. The van der Waals surface area contributed by atoms with Crippen LogP contribution < -0.4 is 5.73 Å². The average Bonchev–Trinajstić information content (AvgIpc) is 2.38. The Morgan fingerprint density at radius 2 is 1.75 bits per heavy atom. The predicted molar refractivity (Wildman–Crippen MR) is 82.5 cm³/mol. The molecule has 2 unspecified atom stereocenters. The molecule has 0 radical (unpaired) electrons. The number of carbonyl (C=O) groups is 1. The molecule has 20 heavy (non-hydrogen) atoms. The summed E-state index contributed by atoms with van der Waals surface area (Å²) in [5.41, 5.74) is 6.02. The lowest BCUT2D eigenvalue weighted by Crippen LogP contribution is -2.47. The Bertz CT molecular complexity index is 298. The lowest BCUT2D eigenvalue weighted by atomic mass is 9.92. The zero-order chi connectivity index (χ0) is 14.4. The van der Waals surface area contributed by atoms with Crippen molar-refractivity contribution in [2.24, 2.45) is 11.7 Å². The highest BCUT2D eigenvalue weighted by Gasteiger charge is 2.25. The quantitative estimate of drug-likeness (QED) is 0.859. The minimum atomic E-state index is 0.245. The molecule has 0 bridgehead atoms. The summed E-state index contributed by atoms with van der Waals surface area (Å²) in [5.74, 6) is 0.890. The Labute approximate surface area is 123 Å². The zero-order valence-corrected chi connectivity index (χ0v) is 13.0. The standard InChI is InChI=1S/C16H31N3O/c1-14(17)15-8-7-9-18(12-15)13-16(20)19-10-5-3-2-4-6-11-19/h14-15H,2-13,17H2,1H3. The van der Waals surface area contributed by atoms with E-state index >= 15 is 0 Å². The summed E-state index contributed by atoms with van der Waals surface area (Å²) in [5, 5.41) is 0. The third-order valence-corrected chi connectivity index (χ3v) is 4.85. The molecule has 0 aliphatic carbocycles. The zero-order valence-electron chi connectivity index (χ0n) is 13.0. The van der Waals surface area contributed by atoms with Crippen LogP contribution >= 0.6 is 0 Å². The van der Waals surface area contributed by atoms with Crippen LogP contribution in [0.4, 0.5) is 0 Å². The van der Waals surface area contributed by atoms with Crippen LogP contribution in [0.25, 0.3) is 0 Å². The van der Waals surface area contributed by atoms with E-state index in [1.807, 2.05) is 0 Å². The number of likely N-dealkylation sites (tertiary alicyclic amines) is 2. The number of hydrogen-bond acceptors (Lipinski definition) is 3. The van der Waals surface area contributed by atoms with Crippen LogP contribution in [0.5, 0.6) is 0 Å². The predicted octanol–water partition coefficient (Wildman–Crippen LogP) is 1.84. The van der Waals surface area contributed by atoms with Crippen LogP contribution in [0.3, 0.4) is 0 Å². The normalized spacial score (nSPS) is 27.7. The van der Waals surface area contributed by atoms with E-state index in [-0.39, 0.29) is 6.04 Å². The minimum absolute atomic E-state index is 0.245. The van der Waals surface area contributed by atoms with E-state index in [1.165, 1.54) is 44.9 Å². The highest BCUT2D eigenvalue weighted by Crippen LogP contribution is 2.19. The second kappa shape index (κ2) is 7.99. The van der Waals surface area contributed by atoms with Gasteiger partial charge in [-0.1, -0.05) is 19.3 Å². The SMILES string of the molecule is CC(N)C1CCCN(CC(=O)N2CCCCCCC2)C1. The molecule has 1 amide bonds. The Balaban J connectivity index is 1.80. The number of carbonyl (C=O) groups excluding carboxylic acids is 1. The maximum Gasteiger partial charge on any atom is 0.236 e. The van der Waals surface area contributed by atoms with Crippen molar-refractivity contribution in [1.29, 1.82) is 0 Å². The molecule has 2 heterocycles. The van der Waals surface area contributed by atoms with Crippen molar-refractivity contribution >= 4 is 5.91 Å². The third-order valence-electron chi connectivity index (χ3n) is 4.85. The summed E-state index contributed by atoms with van der Waals surface area (Å²) in [6.07, 6.45) is 8.64. The maximum atomic E-state index is 12.5. The smallest absolute Gasteiger partial charge is 0.236 e. The van der Waals surface area contributed by atoms with Gasteiger partial charge >= 0.3 is 0 Å². The van der Waals surface area contributed by atoms with E-state index in [4.69, 9.17) is 5.73 Å². The molecule has 0 saturated carbocycles. The Hall–Kier alpha value is -0.610. The average molecular weight is 281 g/mol. The van der Waals surface area contributed by atoms with Gasteiger partial charge in [-0.15, -0.1) is 0 Å². The van der Waals surface area contributed by atoms with Gasteiger partial charge in [0.15, 0.2) is 0 Å². The van der Waals surface area contributed by atoms with Gasteiger partial charge in [0.2, 0.25) is 5.91 Å². The third kappa shape index (κ3) is 4.74. The van der Waals surface area contributed by atoms with Gasteiger partial charge in [-0.05, 0) is 45.1 Å². The number of amides is 1. The lowest BCUT2D eigenvalue weighted by Gasteiger charge is -2.35. The molecule has 2 fully saturated rings. The van der Waals surface area contributed by atoms with Crippen molar-refractivity contribution in [1.82, 2.24) is 9.80 Å². The van der Waals surface area contributed by atoms with Gasteiger partial charge in [-0.2, -0.15) is 0 Å². The molecule has 2 rings (SSSR count). The number of nitrogens with zero attached hydrogens (tertiary/aromatic N) is 2. The summed E-state index contributed by atoms with van der Waals surface area (Å²) in [4.78, 5) is 16.9. The van der Waals surface area contributed by atoms with Gasteiger partial charge in [-0.3, -0.25) is 9.69 Å². The molecular formula is C16H31N3O. The van der Waals surface area contributed by atoms with Crippen LogP contribution in [0.15, 0.2) is 0 Å². The van der Waals surface area contributed by atoms with Crippen LogP contribution in [-0.2, 0) is 4.79 Å². The van der Waals surface area contributed by atoms with Crippen molar-refractivity contribution in [2.45, 2.75) is 57.9 Å². The number of rotatable bonds is 3. The highest BCUT2D eigenvalue weighted by molar-refractivity contribution is 5.78. The van der Waals surface area contributed by atoms with Gasteiger partial charge in [-0.25, -0.2) is 0 Å². The summed E-state index contributed by atoms with van der Waals surface area (Å²) in [7, 11) is 0. The largest absolute Gasteiger partial charge is 0.342 e. The van der Waals surface area contributed by atoms with Crippen molar-refractivity contribution in [2.75, 3.05) is 32.7 Å². The fourth-order valence-electron chi connectivity index (χ4n) is 3.45. The van der Waals surface area contributed by atoms with Gasteiger partial charge in [0, 0.05) is 25.7 Å². The first-order chi connectivity index (χ1) is 9.66. The van der Waals surface area contributed by atoms with Crippen LogP contribution in [0.1, 0.15) is 51.9 Å². The summed E-state index contributed by atoms with van der Waals surface area (Å²) < 4.78 is 0. The Kier molecular flexibility index (Phi) is 6.30. The molecule has 0 spiro atoms. The molecule has 2 atom stereocenters. The highest BCUT2D eigenvalue weighted by atomic mass is 16.2. The molecular weight excluding hydrogens is 250 g/mol. The van der Waals surface area contributed by atoms with E-state index in [9.17, 15) is 4.79 Å². The number of hydrogen-bond donors (Lipinski definition) is 1. The Morgan fingerprint density at radius 3 is 2.40 bits per heavy atom. The van der Waals surface area contributed by atoms with Crippen molar-refractivity contribution < 1.29 is 4.79 Å². The summed E-state index contributed by atoms with van der Waals surface area (Å²) in [6, 6.07) is 0.245. The van der Waals surface area contributed by atoms with Gasteiger partial charge in [0.05, 0.1) is 6.54 Å². The number of piperidine rings is 1. The van der Waals surface area contributed by atoms with Crippen molar-refractivity contribution in [3.8, 4) is 0 Å². The first kappa shape index (κ1) is 15.8. The first-order valence-electron chi connectivity index (χ1n) is 8.42. The molecule has 4 nitrogen and oxygen atoms in total. The molecule has 4 heteroatoms. The minimum Gasteiger partial charge on any atom is -0.342 e. The molecule has 0 aromatic rings. The lowest BCUT2D eigenvalue weighted by molar-refractivity contribution is -0.133. The van der Waals surface area contributed by atoms with Gasteiger partial charge in [0.1, 0.15) is 0 Å². The summed E-state index contributed by atoms with van der Waals surface area (Å²) in [6.45, 7) is 6.67. The van der Waals surface area contributed by atoms with E-state index in [0.717, 1.165) is 26.2 Å². The van der Waals surface area contributed by atoms with Gasteiger partial charge < -0.3 is 10.6 Å². The first-order valence-corrected chi connectivity index (χ1v) is 8.42. The van der Waals surface area contributed by atoms with Crippen molar-refractivity contribution in [3.05, 3.63) is 0 Å². The molecule has 2 N–H and O–H groups in total. The van der Waals surface area contributed by atoms with E-state index < -0.39 is 0 Å². The number of nitrogens with two attached hydrogens (primary N) is 1. The van der Waals surface area contributed by atoms with E-state index in [2.05, 4.69) is 16.7 Å². The van der Waals surface area contributed by atoms with Crippen molar-refractivity contribution in [3.63, 3.8) is 0 Å². The molecule has 2 aliphatic heterocycles. The summed E-state index contributed by atoms with van der Waals surface area (Å²) >= 11 is 0. The van der Waals surface area contributed by atoms with Crippen LogP contribution in [0, 0.1) is 5.92 Å². The van der Waals surface area contributed by atoms with E-state index in [0.29, 0.717) is 18.4 Å². The van der Waals surface area contributed by atoms with Crippen LogP contribution in [0.2, 0.25) is 0 Å². The molecule has 116 valence electrons. The second-order valence-electron chi connectivity index (χ2n) is 6.65. The molecule has 0 aromatic carbocycles. The van der Waals surface area contributed by atoms with Crippen LogP contribution in [-0.4, -0.2) is 54.5 Å². The maximum absolute atomic E-state index is 12.5. The second-order valence-corrected chi connectivity index (χ2v) is 6.65. The van der Waals surface area contributed by atoms with E-state index in [1.54, 1.807) is 0 Å². The molecule has 2 saturated heterocycles. The topological polar surface area (TPSA) is 49.6 Å².